The van der Waals surface area contributed by atoms with E-state index in [2.05, 4.69) is 128 Å². The highest BCUT2D eigenvalue weighted by Crippen LogP contribution is 2.31. The molecule has 5 aromatic rings. The quantitative estimate of drug-likeness (QED) is 0.251. The standard InChI is InChI=1S/C33H28N2/c1-5-10-26-13-7-14-27(19-26)28-15-8-16-29(20-28)30-17-9-18-31(21-30)32-22-35(25(4)34-32)33-23(2)11-6-12-24(33)3/h6-9,11-22H,1-4H3. The van der Waals surface area contributed by atoms with Gasteiger partial charge in [-0.15, -0.1) is 5.92 Å². The highest BCUT2D eigenvalue weighted by atomic mass is 15.1. The van der Waals surface area contributed by atoms with Gasteiger partial charge in [0.15, 0.2) is 0 Å². The van der Waals surface area contributed by atoms with Crippen molar-refractivity contribution >= 4 is 0 Å². The van der Waals surface area contributed by atoms with Gasteiger partial charge >= 0.3 is 0 Å². The molecule has 0 aliphatic heterocycles. The van der Waals surface area contributed by atoms with E-state index < -0.39 is 0 Å². The third-order valence-corrected chi connectivity index (χ3v) is 6.38. The first kappa shape index (κ1) is 22.4. The zero-order chi connectivity index (χ0) is 24.4. The van der Waals surface area contributed by atoms with Crippen molar-refractivity contribution in [3.8, 4) is 51.0 Å². The van der Waals surface area contributed by atoms with Gasteiger partial charge in [-0.1, -0.05) is 72.7 Å². The molecule has 2 heteroatoms. The summed E-state index contributed by atoms with van der Waals surface area (Å²) in [5, 5.41) is 0. The van der Waals surface area contributed by atoms with Gasteiger partial charge in [-0.25, -0.2) is 4.98 Å². The summed E-state index contributed by atoms with van der Waals surface area (Å²) in [6.45, 7) is 8.24. The summed E-state index contributed by atoms with van der Waals surface area (Å²) in [6.07, 6.45) is 2.15. The molecule has 0 amide bonds. The molecule has 0 fully saturated rings. The minimum atomic E-state index is 0.981. The zero-order valence-corrected chi connectivity index (χ0v) is 20.6. The van der Waals surface area contributed by atoms with Crippen LogP contribution >= 0.6 is 0 Å². The minimum Gasteiger partial charge on any atom is -0.303 e. The molecule has 0 saturated carbocycles. The summed E-state index contributed by atoms with van der Waals surface area (Å²) >= 11 is 0. The molecule has 0 saturated heterocycles. The fourth-order valence-corrected chi connectivity index (χ4v) is 4.68. The van der Waals surface area contributed by atoms with Crippen LogP contribution in [0.3, 0.4) is 0 Å². The average molecular weight is 453 g/mol. The van der Waals surface area contributed by atoms with Crippen molar-refractivity contribution in [1.82, 2.24) is 9.55 Å². The maximum atomic E-state index is 4.92. The first-order valence-corrected chi connectivity index (χ1v) is 11.9. The summed E-state index contributed by atoms with van der Waals surface area (Å²) in [6, 6.07) is 32.1. The molecule has 0 N–H and O–H groups in total. The van der Waals surface area contributed by atoms with Crippen molar-refractivity contribution < 1.29 is 0 Å². The molecular weight excluding hydrogens is 424 g/mol. The Kier molecular flexibility index (Phi) is 6.08. The van der Waals surface area contributed by atoms with Crippen molar-refractivity contribution in [2.24, 2.45) is 0 Å². The zero-order valence-electron chi connectivity index (χ0n) is 20.6. The number of rotatable bonds is 4. The van der Waals surface area contributed by atoms with E-state index in [1.807, 2.05) is 13.0 Å². The van der Waals surface area contributed by atoms with Gasteiger partial charge in [0.1, 0.15) is 5.82 Å². The number of para-hydroxylation sites is 1. The number of hydrogen-bond acceptors (Lipinski definition) is 1. The molecule has 0 aliphatic carbocycles. The molecule has 35 heavy (non-hydrogen) atoms. The van der Waals surface area contributed by atoms with Crippen LogP contribution in [0.15, 0.2) is 97.2 Å². The molecule has 0 radical (unpaired) electrons. The van der Waals surface area contributed by atoms with Gasteiger partial charge in [0.05, 0.1) is 11.4 Å². The third-order valence-electron chi connectivity index (χ3n) is 6.38. The molecule has 0 atom stereocenters. The molecular formula is C33H28N2. The van der Waals surface area contributed by atoms with Crippen LogP contribution in [0.4, 0.5) is 0 Å². The molecule has 0 unspecified atom stereocenters. The van der Waals surface area contributed by atoms with Crippen molar-refractivity contribution in [1.29, 1.82) is 0 Å². The fourth-order valence-electron chi connectivity index (χ4n) is 4.68. The largest absolute Gasteiger partial charge is 0.303 e. The molecule has 0 spiro atoms. The molecule has 0 bridgehead atoms. The lowest BCUT2D eigenvalue weighted by Gasteiger charge is -2.11. The third kappa shape index (κ3) is 4.54. The van der Waals surface area contributed by atoms with Crippen LogP contribution in [0.25, 0.3) is 39.2 Å². The van der Waals surface area contributed by atoms with E-state index in [9.17, 15) is 0 Å². The number of aryl methyl sites for hydroxylation is 3. The van der Waals surface area contributed by atoms with Crippen molar-refractivity contribution in [3.05, 3.63) is 120 Å². The van der Waals surface area contributed by atoms with E-state index >= 15 is 0 Å². The topological polar surface area (TPSA) is 17.8 Å². The molecule has 4 aromatic carbocycles. The second-order valence-electron chi connectivity index (χ2n) is 8.90. The van der Waals surface area contributed by atoms with E-state index in [1.54, 1.807) is 0 Å². The van der Waals surface area contributed by atoms with E-state index in [0.29, 0.717) is 0 Å². The number of benzene rings is 4. The molecule has 5 rings (SSSR count). The van der Waals surface area contributed by atoms with Gasteiger partial charge in [0, 0.05) is 17.3 Å². The summed E-state index contributed by atoms with van der Waals surface area (Å²) in [4.78, 5) is 4.92. The minimum absolute atomic E-state index is 0.981. The van der Waals surface area contributed by atoms with E-state index in [4.69, 9.17) is 4.98 Å². The number of imidazole rings is 1. The van der Waals surface area contributed by atoms with Gasteiger partial charge in [0.2, 0.25) is 0 Å². The second kappa shape index (κ2) is 9.49. The van der Waals surface area contributed by atoms with Gasteiger partial charge < -0.3 is 4.57 Å². The molecule has 1 aromatic heterocycles. The molecule has 2 nitrogen and oxygen atoms in total. The van der Waals surface area contributed by atoms with Gasteiger partial charge in [-0.2, -0.15) is 0 Å². The van der Waals surface area contributed by atoms with E-state index in [-0.39, 0.29) is 0 Å². The van der Waals surface area contributed by atoms with E-state index in [1.165, 1.54) is 39.1 Å². The predicted octanol–water partition coefficient (Wildman–Crippen LogP) is 8.17. The lowest BCUT2D eigenvalue weighted by atomic mass is 9.97. The van der Waals surface area contributed by atoms with E-state index in [0.717, 1.165) is 22.6 Å². The van der Waals surface area contributed by atoms with Gasteiger partial charge in [0.25, 0.3) is 0 Å². The highest BCUT2D eigenvalue weighted by molar-refractivity contribution is 5.76. The smallest absolute Gasteiger partial charge is 0.110 e. The molecule has 0 aliphatic rings. The van der Waals surface area contributed by atoms with Crippen molar-refractivity contribution in [2.75, 3.05) is 0 Å². The summed E-state index contributed by atoms with van der Waals surface area (Å²) < 4.78 is 2.21. The lowest BCUT2D eigenvalue weighted by Crippen LogP contribution is -2.00. The van der Waals surface area contributed by atoms with Crippen LogP contribution in [0.2, 0.25) is 0 Å². The Morgan fingerprint density at radius 1 is 0.629 bits per heavy atom. The Labute approximate surface area is 207 Å². The average Bonchev–Trinajstić information content (AvgIpc) is 3.26. The van der Waals surface area contributed by atoms with Crippen LogP contribution in [0.5, 0.6) is 0 Å². The maximum absolute atomic E-state index is 4.92. The lowest BCUT2D eigenvalue weighted by molar-refractivity contribution is 0.954. The van der Waals surface area contributed by atoms with Crippen LogP contribution in [0.1, 0.15) is 29.4 Å². The van der Waals surface area contributed by atoms with Crippen LogP contribution in [-0.4, -0.2) is 9.55 Å². The first-order chi connectivity index (χ1) is 17.0. The number of aromatic nitrogens is 2. The monoisotopic (exact) mass is 452 g/mol. The Hall–Kier alpha value is -4.35. The van der Waals surface area contributed by atoms with Crippen LogP contribution in [-0.2, 0) is 0 Å². The summed E-state index contributed by atoms with van der Waals surface area (Å²) in [5.74, 6) is 7.13. The van der Waals surface area contributed by atoms with Gasteiger partial charge in [-0.05, 0) is 85.3 Å². The maximum Gasteiger partial charge on any atom is 0.110 e. The number of hydrogen-bond donors (Lipinski definition) is 0. The predicted molar refractivity (Wildman–Crippen MR) is 147 cm³/mol. The Bertz CT molecular complexity index is 1570. The Balaban J connectivity index is 1.52. The fraction of sp³-hybridized carbons (Fsp3) is 0.121. The van der Waals surface area contributed by atoms with Crippen molar-refractivity contribution in [2.45, 2.75) is 27.7 Å². The van der Waals surface area contributed by atoms with Crippen LogP contribution in [0, 0.1) is 32.6 Å². The first-order valence-electron chi connectivity index (χ1n) is 11.9. The summed E-state index contributed by atoms with van der Waals surface area (Å²) in [5.41, 5.74) is 11.5. The van der Waals surface area contributed by atoms with Crippen LogP contribution < -0.4 is 0 Å². The Morgan fingerprint density at radius 2 is 1.14 bits per heavy atom. The molecule has 1 heterocycles. The van der Waals surface area contributed by atoms with Gasteiger partial charge in [-0.3, -0.25) is 0 Å². The Morgan fingerprint density at radius 3 is 1.77 bits per heavy atom. The SMILES string of the molecule is CC#Cc1cccc(-c2cccc(-c3cccc(-c4cn(-c5c(C)cccc5C)c(C)n4)c3)c2)c1. The second-order valence-corrected chi connectivity index (χ2v) is 8.90. The summed E-state index contributed by atoms with van der Waals surface area (Å²) in [7, 11) is 0. The van der Waals surface area contributed by atoms with Crippen molar-refractivity contribution in [3.63, 3.8) is 0 Å². The number of nitrogens with zero attached hydrogens (tertiary/aromatic N) is 2. The molecule has 170 valence electrons. The highest BCUT2D eigenvalue weighted by Gasteiger charge is 2.12. The normalized spacial score (nSPS) is 10.6.